The van der Waals surface area contributed by atoms with E-state index in [0.717, 1.165) is 0 Å². The lowest BCUT2D eigenvalue weighted by molar-refractivity contribution is -0.461. The highest BCUT2D eigenvalue weighted by Crippen LogP contribution is 2.64. The molecule has 37 heavy (non-hydrogen) atoms. The summed E-state index contributed by atoms with van der Waals surface area (Å²) in [5, 5.41) is 0. The Labute approximate surface area is 199 Å². The van der Waals surface area contributed by atoms with Gasteiger partial charge in [-0.05, 0) is 19.4 Å². The van der Waals surface area contributed by atoms with E-state index in [0.29, 0.717) is 0 Å². The Balaban J connectivity index is 5.91. The second-order valence-electron chi connectivity index (χ2n) is 7.80. The van der Waals surface area contributed by atoms with Gasteiger partial charge in [0, 0.05) is 19.5 Å². The summed E-state index contributed by atoms with van der Waals surface area (Å²) in [6, 6.07) is 0. The summed E-state index contributed by atoms with van der Waals surface area (Å²) in [5.74, 6) is -55.9. The molecule has 0 aromatic heterocycles. The van der Waals surface area contributed by atoms with Gasteiger partial charge >= 0.3 is 47.6 Å². The summed E-state index contributed by atoms with van der Waals surface area (Å²) in [5.41, 5.74) is 0. The van der Waals surface area contributed by atoms with Crippen molar-refractivity contribution in [1.82, 2.24) is 4.90 Å². The molecule has 0 spiro atoms. The summed E-state index contributed by atoms with van der Waals surface area (Å²) < 4.78 is 224. The van der Waals surface area contributed by atoms with Gasteiger partial charge in [0.2, 0.25) is 0 Å². The van der Waals surface area contributed by atoms with E-state index < -0.39 is 66.9 Å². The maximum Gasteiger partial charge on any atom is 0.460 e. The van der Waals surface area contributed by atoms with Gasteiger partial charge in [0.25, 0.3) is 0 Å². The molecule has 0 fully saturated rings. The molecule has 0 atom stereocenters. The summed E-state index contributed by atoms with van der Waals surface area (Å²) in [6.45, 7) is 7.37. The third kappa shape index (κ3) is 6.13. The lowest BCUT2D eigenvalue weighted by atomic mass is 9.88. The average Bonchev–Trinajstić information content (AvgIpc) is 2.71. The second kappa shape index (κ2) is 11.2. The quantitative estimate of drug-likeness (QED) is 0.100. The van der Waals surface area contributed by atoms with Crippen molar-refractivity contribution >= 4 is 0 Å². The number of nitrogens with zero attached hydrogens (tertiary/aromatic N) is 1. The molecular weight excluding hydrogens is 565 g/mol. The van der Waals surface area contributed by atoms with Gasteiger partial charge in [0.15, 0.2) is 0 Å². The van der Waals surface area contributed by atoms with E-state index >= 15 is 0 Å². The third-order valence-corrected chi connectivity index (χ3v) is 5.03. The number of hydrogen-bond acceptors (Lipinski definition) is 1. The monoisotopic (exact) mass is 585 g/mol. The van der Waals surface area contributed by atoms with Crippen LogP contribution in [0.2, 0.25) is 0 Å². The average molecular weight is 585 g/mol. The zero-order valence-corrected chi connectivity index (χ0v) is 18.4. The van der Waals surface area contributed by atoms with Crippen molar-refractivity contribution in [2.45, 2.75) is 73.3 Å². The van der Waals surface area contributed by atoms with Crippen LogP contribution in [0.15, 0.2) is 25.3 Å². The van der Waals surface area contributed by atoms with Crippen LogP contribution in [0.3, 0.4) is 0 Å². The van der Waals surface area contributed by atoms with Crippen molar-refractivity contribution in [1.29, 1.82) is 0 Å². The first-order valence-electron chi connectivity index (χ1n) is 9.90. The minimum atomic E-state index is -8.60. The lowest BCUT2D eigenvalue weighted by Crippen LogP contribution is -2.74. The van der Waals surface area contributed by atoms with Crippen molar-refractivity contribution in [3.05, 3.63) is 25.3 Å². The van der Waals surface area contributed by atoms with Crippen molar-refractivity contribution < 1.29 is 74.6 Å². The molecule has 0 radical (unpaired) electrons. The molecule has 0 saturated heterocycles. The molecule has 0 rings (SSSR count). The van der Waals surface area contributed by atoms with E-state index in [1.54, 1.807) is 4.90 Å². The van der Waals surface area contributed by atoms with Crippen LogP contribution in [0.5, 0.6) is 0 Å². The van der Waals surface area contributed by atoms with Gasteiger partial charge in [-0.2, -0.15) is 74.6 Å². The van der Waals surface area contributed by atoms with E-state index in [2.05, 4.69) is 13.2 Å². The fourth-order valence-electron chi connectivity index (χ4n) is 2.83. The SMILES string of the molecule is C=CCN(CC=C)CCCCCC(F)(F)C(F)(F)C(F)(F)C(F)(F)C(F)(F)C(F)(F)C(F)(F)C(F)(F)F. The maximum atomic E-state index is 13.8. The zero-order chi connectivity index (χ0) is 29.9. The molecule has 1 nitrogen and oxygen atoms in total. The number of alkyl halides is 17. The first-order chi connectivity index (χ1) is 16.2. The van der Waals surface area contributed by atoms with E-state index in [1.165, 1.54) is 12.2 Å². The number of hydrogen-bond donors (Lipinski definition) is 0. The van der Waals surface area contributed by atoms with E-state index in [1.807, 2.05) is 0 Å². The number of unbranched alkanes of at least 4 members (excludes halogenated alkanes) is 2. The van der Waals surface area contributed by atoms with E-state index in [-0.39, 0.29) is 26.1 Å². The molecule has 0 aliphatic rings. The largest absolute Gasteiger partial charge is 0.460 e. The highest BCUT2D eigenvalue weighted by Gasteiger charge is 2.95. The molecule has 0 bridgehead atoms. The van der Waals surface area contributed by atoms with E-state index in [4.69, 9.17) is 0 Å². The molecule has 220 valence electrons. The summed E-state index contributed by atoms with van der Waals surface area (Å²) in [6.07, 6.45) is -9.00. The molecule has 18 heteroatoms. The highest BCUT2D eigenvalue weighted by atomic mass is 19.4. The number of rotatable bonds is 16. The maximum absolute atomic E-state index is 13.8. The molecular formula is C19H20F17N. The summed E-state index contributed by atoms with van der Waals surface area (Å²) in [7, 11) is 0. The topological polar surface area (TPSA) is 3.24 Å². The molecule has 0 aliphatic carbocycles. The summed E-state index contributed by atoms with van der Waals surface area (Å²) in [4.78, 5) is 1.58. The molecule has 0 aromatic carbocycles. The first-order valence-corrected chi connectivity index (χ1v) is 9.90. The fraction of sp³-hybridized carbons (Fsp3) is 0.789. The van der Waals surface area contributed by atoms with E-state index in [9.17, 15) is 74.6 Å². The van der Waals surface area contributed by atoms with Crippen molar-refractivity contribution in [3.63, 3.8) is 0 Å². The summed E-state index contributed by atoms with van der Waals surface area (Å²) >= 11 is 0. The number of halogens is 17. The highest BCUT2D eigenvalue weighted by molar-refractivity contribution is 5.15. The van der Waals surface area contributed by atoms with Crippen LogP contribution in [0.1, 0.15) is 25.7 Å². The first kappa shape index (κ1) is 35.2. The lowest BCUT2D eigenvalue weighted by Gasteiger charge is -2.42. The van der Waals surface area contributed by atoms with Crippen molar-refractivity contribution in [2.24, 2.45) is 0 Å². The Kier molecular flexibility index (Phi) is 10.6. The van der Waals surface area contributed by atoms with Gasteiger partial charge in [-0.15, -0.1) is 13.2 Å². The van der Waals surface area contributed by atoms with Crippen molar-refractivity contribution in [3.8, 4) is 0 Å². The van der Waals surface area contributed by atoms with Crippen molar-refractivity contribution in [2.75, 3.05) is 19.6 Å². The van der Waals surface area contributed by atoms with Crippen LogP contribution in [0.25, 0.3) is 0 Å². The van der Waals surface area contributed by atoms with Crippen LogP contribution in [-0.4, -0.2) is 72.2 Å². The van der Waals surface area contributed by atoms with Gasteiger partial charge in [-0.25, -0.2) is 0 Å². The molecule has 0 N–H and O–H groups in total. The van der Waals surface area contributed by atoms with Gasteiger partial charge < -0.3 is 0 Å². The van der Waals surface area contributed by atoms with Gasteiger partial charge in [-0.3, -0.25) is 4.90 Å². The third-order valence-electron chi connectivity index (χ3n) is 5.03. The fourth-order valence-corrected chi connectivity index (χ4v) is 2.83. The molecule has 0 unspecified atom stereocenters. The minimum absolute atomic E-state index is 0.0767. The van der Waals surface area contributed by atoms with Gasteiger partial charge in [0.05, 0.1) is 0 Å². The Morgan fingerprint density at radius 1 is 0.459 bits per heavy atom. The second-order valence-corrected chi connectivity index (χ2v) is 7.80. The molecule has 0 amide bonds. The standard InChI is InChI=1S/C19H20F17N/c1-3-9-37(10-4-2)11-7-5-6-8-12(20,21)13(22,23)14(24,25)15(26,27)16(28,29)17(30,31)18(32,33)19(34,35)36/h3-4H,1-2,5-11H2. The predicted octanol–water partition coefficient (Wildman–Crippen LogP) is 8.23. The molecule has 0 aromatic rings. The smallest absolute Gasteiger partial charge is 0.296 e. The zero-order valence-electron chi connectivity index (χ0n) is 18.4. The normalized spacial score (nSPS) is 15.3. The molecule has 0 aliphatic heterocycles. The van der Waals surface area contributed by atoms with Crippen LogP contribution in [-0.2, 0) is 0 Å². The Morgan fingerprint density at radius 3 is 1.16 bits per heavy atom. The Bertz CT molecular complexity index is 759. The van der Waals surface area contributed by atoms with Crippen LogP contribution >= 0.6 is 0 Å². The van der Waals surface area contributed by atoms with Crippen LogP contribution < -0.4 is 0 Å². The van der Waals surface area contributed by atoms with Gasteiger partial charge in [-0.1, -0.05) is 18.6 Å². The van der Waals surface area contributed by atoms with Crippen LogP contribution in [0, 0.1) is 0 Å². The van der Waals surface area contributed by atoms with Crippen LogP contribution in [0.4, 0.5) is 74.6 Å². The minimum Gasteiger partial charge on any atom is -0.296 e. The molecule has 0 saturated carbocycles. The van der Waals surface area contributed by atoms with Gasteiger partial charge in [0.1, 0.15) is 0 Å². The predicted molar refractivity (Wildman–Crippen MR) is 96.0 cm³/mol. The molecule has 0 heterocycles. The Hall–Kier alpha value is -1.75. The Morgan fingerprint density at radius 2 is 0.811 bits per heavy atom.